The van der Waals surface area contributed by atoms with Crippen LogP contribution >= 0.6 is 28.3 Å². The Morgan fingerprint density at radius 2 is 1.84 bits per heavy atom. The second kappa shape index (κ2) is 11.2. The normalized spacial score (nSPS) is 10.0. The molecule has 0 unspecified atom stereocenters. The Balaban J connectivity index is 0.00000312. The Bertz CT molecular complexity index is 674. The highest BCUT2D eigenvalue weighted by Gasteiger charge is 2.12. The second-order valence-corrected chi connectivity index (χ2v) is 6.39. The van der Waals surface area contributed by atoms with Crippen LogP contribution in [0.15, 0.2) is 53.5 Å². The number of nitrogens with one attached hydrogen (secondary N) is 1. The summed E-state index contributed by atoms with van der Waals surface area (Å²) in [6, 6.07) is 12.4. The van der Waals surface area contributed by atoms with Gasteiger partial charge in [0.1, 0.15) is 6.61 Å². The molecular formula is C20H25BrClNO2. The SMILES string of the molecule is C=CCNCc1cc(Br)c(OCc2ccc(C)cc2)c(OCC)c1.Cl. The van der Waals surface area contributed by atoms with Crippen molar-refractivity contribution in [2.45, 2.75) is 27.0 Å². The third-order valence-corrected chi connectivity index (χ3v) is 4.08. The van der Waals surface area contributed by atoms with Crippen molar-refractivity contribution in [3.05, 3.63) is 70.2 Å². The van der Waals surface area contributed by atoms with Crippen LogP contribution in [-0.4, -0.2) is 13.2 Å². The summed E-state index contributed by atoms with van der Waals surface area (Å²) in [7, 11) is 0. The molecule has 0 saturated heterocycles. The number of aryl methyl sites for hydroxylation is 1. The maximum atomic E-state index is 6.02. The van der Waals surface area contributed by atoms with Crippen molar-refractivity contribution in [1.82, 2.24) is 5.32 Å². The fraction of sp³-hybridized carbons (Fsp3) is 0.300. The Kier molecular flexibility index (Phi) is 9.65. The zero-order valence-electron chi connectivity index (χ0n) is 14.7. The molecule has 2 aromatic rings. The van der Waals surface area contributed by atoms with Gasteiger partial charge in [0, 0.05) is 13.1 Å². The molecule has 0 amide bonds. The van der Waals surface area contributed by atoms with Gasteiger partial charge in [0.25, 0.3) is 0 Å². The topological polar surface area (TPSA) is 30.5 Å². The van der Waals surface area contributed by atoms with Crippen LogP contribution in [0.5, 0.6) is 11.5 Å². The molecule has 0 spiro atoms. The summed E-state index contributed by atoms with van der Waals surface area (Å²) in [5.74, 6) is 1.50. The summed E-state index contributed by atoms with van der Waals surface area (Å²) < 4.78 is 12.7. The number of hydrogen-bond acceptors (Lipinski definition) is 3. The molecule has 5 heteroatoms. The van der Waals surface area contributed by atoms with Crippen LogP contribution in [-0.2, 0) is 13.2 Å². The van der Waals surface area contributed by atoms with Gasteiger partial charge in [-0.2, -0.15) is 0 Å². The molecule has 0 bridgehead atoms. The molecule has 0 aliphatic heterocycles. The lowest BCUT2D eigenvalue weighted by molar-refractivity contribution is 0.267. The first-order valence-corrected chi connectivity index (χ1v) is 8.88. The van der Waals surface area contributed by atoms with Crippen molar-refractivity contribution in [2.24, 2.45) is 0 Å². The van der Waals surface area contributed by atoms with Gasteiger partial charge in [-0.15, -0.1) is 19.0 Å². The van der Waals surface area contributed by atoms with E-state index in [0.29, 0.717) is 13.2 Å². The summed E-state index contributed by atoms with van der Waals surface area (Å²) in [6.07, 6.45) is 1.84. The summed E-state index contributed by atoms with van der Waals surface area (Å²) >= 11 is 3.61. The van der Waals surface area contributed by atoms with E-state index < -0.39 is 0 Å². The van der Waals surface area contributed by atoms with Crippen LogP contribution < -0.4 is 14.8 Å². The van der Waals surface area contributed by atoms with Gasteiger partial charge in [0.05, 0.1) is 11.1 Å². The Morgan fingerprint density at radius 1 is 1.12 bits per heavy atom. The molecule has 2 aromatic carbocycles. The summed E-state index contributed by atoms with van der Waals surface area (Å²) in [5.41, 5.74) is 3.51. The van der Waals surface area contributed by atoms with Crippen LogP contribution in [0.4, 0.5) is 0 Å². The molecule has 0 aromatic heterocycles. The highest BCUT2D eigenvalue weighted by atomic mass is 79.9. The smallest absolute Gasteiger partial charge is 0.175 e. The summed E-state index contributed by atoms with van der Waals surface area (Å²) in [5, 5.41) is 3.30. The van der Waals surface area contributed by atoms with Crippen molar-refractivity contribution < 1.29 is 9.47 Å². The molecule has 0 heterocycles. The third kappa shape index (κ3) is 6.73. The predicted octanol–water partition coefficient (Wildman–Crippen LogP) is 5.43. The lowest BCUT2D eigenvalue weighted by Gasteiger charge is -2.16. The second-order valence-electron chi connectivity index (χ2n) is 5.53. The van der Waals surface area contributed by atoms with E-state index in [0.717, 1.165) is 40.2 Å². The van der Waals surface area contributed by atoms with Gasteiger partial charge in [-0.05, 0) is 53.0 Å². The molecule has 0 aliphatic rings. The van der Waals surface area contributed by atoms with Crippen molar-refractivity contribution >= 4 is 28.3 Å². The molecular weight excluding hydrogens is 402 g/mol. The minimum absolute atomic E-state index is 0. The largest absolute Gasteiger partial charge is 0.490 e. The van der Waals surface area contributed by atoms with Gasteiger partial charge in [-0.3, -0.25) is 0 Å². The van der Waals surface area contributed by atoms with E-state index in [1.54, 1.807) is 0 Å². The van der Waals surface area contributed by atoms with Crippen molar-refractivity contribution in [2.75, 3.05) is 13.2 Å². The van der Waals surface area contributed by atoms with E-state index in [4.69, 9.17) is 9.47 Å². The molecule has 0 aliphatic carbocycles. The van der Waals surface area contributed by atoms with Crippen molar-refractivity contribution in [1.29, 1.82) is 0 Å². The van der Waals surface area contributed by atoms with E-state index in [-0.39, 0.29) is 12.4 Å². The Morgan fingerprint density at radius 3 is 2.48 bits per heavy atom. The molecule has 0 saturated carbocycles. The van der Waals surface area contributed by atoms with E-state index in [1.807, 2.05) is 19.1 Å². The number of ether oxygens (including phenoxy) is 2. The average molecular weight is 427 g/mol. The van der Waals surface area contributed by atoms with Gasteiger partial charge in [0.2, 0.25) is 0 Å². The lowest BCUT2D eigenvalue weighted by atomic mass is 10.1. The summed E-state index contributed by atoms with van der Waals surface area (Å²) in [4.78, 5) is 0. The monoisotopic (exact) mass is 425 g/mol. The van der Waals surface area contributed by atoms with Gasteiger partial charge < -0.3 is 14.8 Å². The van der Waals surface area contributed by atoms with Gasteiger partial charge in [0.15, 0.2) is 11.5 Å². The Hall–Kier alpha value is -1.49. The first-order chi connectivity index (χ1) is 11.6. The standard InChI is InChI=1S/C20H24BrNO2.ClH/c1-4-10-22-13-17-11-18(21)20(19(12-17)23-5-2)24-14-16-8-6-15(3)7-9-16;/h4,6-9,11-12,22H,1,5,10,13-14H2,2-3H3;1H. The zero-order valence-corrected chi connectivity index (χ0v) is 17.1. The number of hydrogen-bond donors (Lipinski definition) is 1. The van der Waals surface area contributed by atoms with Gasteiger partial charge in [-0.1, -0.05) is 35.9 Å². The third-order valence-electron chi connectivity index (χ3n) is 3.49. The summed E-state index contributed by atoms with van der Waals surface area (Å²) in [6.45, 7) is 10.4. The molecule has 0 radical (unpaired) electrons. The van der Waals surface area contributed by atoms with Crippen LogP contribution in [0.2, 0.25) is 0 Å². The first-order valence-electron chi connectivity index (χ1n) is 8.09. The van der Waals surface area contributed by atoms with E-state index >= 15 is 0 Å². The minimum Gasteiger partial charge on any atom is -0.490 e. The fourth-order valence-corrected chi connectivity index (χ4v) is 2.89. The lowest BCUT2D eigenvalue weighted by Crippen LogP contribution is -2.13. The van der Waals surface area contributed by atoms with Gasteiger partial charge in [-0.25, -0.2) is 0 Å². The highest BCUT2D eigenvalue weighted by Crippen LogP contribution is 2.37. The highest BCUT2D eigenvalue weighted by molar-refractivity contribution is 9.10. The molecule has 0 fully saturated rings. The van der Waals surface area contributed by atoms with Crippen LogP contribution in [0, 0.1) is 6.92 Å². The average Bonchev–Trinajstić information content (AvgIpc) is 2.56. The molecule has 3 nitrogen and oxygen atoms in total. The van der Waals surface area contributed by atoms with E-state index in [9.17, 15) is 0 Å². The van der Waals surface area contributed by atoms with Crippen molar-refractivity contribution in [3.8, 4) is 11.5 Å². The van der Waals surface area contributed by atoms with Crippen LogP contribution in [0.3, 0.4) is 0 Å². The number of rotatable bonds is 9. The molecule has 136 valence electrons. The zero-order chi connectivity index (χ0) is 17.4. The first kappa shape index (κ1) is 21.6. The van der Waals surface area contributed by atoms with Crippen molar-refractivity contribution in [3.63, 3.8) is 0 Å². The van der Waals surface area contributed by atoms with Gasteiger partial charge >= 0.3 is 0 Å². The number of benzene rings is 2. The maximum Gasteiger partial charge on any atom is 0.175 e. The van der Waals surface area contributed by atoms with Crippen LogP contribution in [0.25, 0.3) is 0 Å². The molecule has 0 atom stereocenters. The van der Waals surface area contributed by atoms with E-state index in [2.05, 4.69) is 65.1 Å². The molecule has 2 rings (SSSR count). The fourth-order valence-electron chi connectivity index (χ4n) is 2.28. The number of halogens is 2. The van der Waals surface area contributed by atoms with E-state index in [1.165, 1.54) is 5.56 Å². The minimum atomic E-state index is 0. The molecule has 25 heavy (non-hydrogen) atoms. The predicted molar refractivity (Wildman–Crippen MR) is 110 cm³/mol. The van der Waals surface area contributed by atoms with Crippen LogP contribution in [0.1, 0.15) is 23.6 Å². The quantitative estimate of drug-likeness (QED) is 0.428. The maximum absolute atomic E-state index is 6.02. The molecule has 1 N–H and O–H groups in total. The Labute approximate surface area is 165 Å².